The van der Waals surface area contributed by atoms with E-state index in [1.807, 2.05) is 0 Å². The maximum Gasteiger partial charge on any atom is 0.374 e. The highest BCUT2D eigenvalue weighted by molar-refractivity contribution is 5.76. The van der Waals surface area contributed by atoms with Crippen LogP contribution in [0.25, 0.3) is 0 Å². The van der Waals surface area contributed by atoms with Gasteiger partial charge >= 0.3 is 12.1 Å². The van der Waals surface area contributed by atoms with Gasteiger partial charge in [0.05, 0.1) is 0 Å². The minimum atomic E-state index is -0.969. The highest BCUT2D eigenvalue weighted by Gasteiger charge is 2.16. The zero-order valence-electron chi connectivity index (χ0n) is 7.12. The molecule has 0 aromatic carbocycles. The first-order chi connectivity index (χ1) is 6.68. The first kappa shape index (κ1) is 8.48. The van der Waals surface area contributed by atoms with E-state index in [2.05, 4.69) is 20.2 Å². The Bertz CT molecular complexity index is 461. The van der Waals surface area contributed by atoms with Gasteiger partial charge in [0.15, 0.2) is 5.82 Å². The molecule has 0 saturated heterocycles. The number of rotatable bonds is 0. The van der Waals surface area contributed by atoms with E-state index in [1.54, 1.807) is 0 Å². The van der Waals surface area contributed by atoms with Gasteiger partial charge in [-0.25, -0.2) is 9.78 Å². The Hall–Kier alpha value is -2.12. The molecule has 7 nitrogen and oxygen atoms in total. The van der Waals surface area contributed by atoms with E-state index in [4.69, 9.17) is 0 Å². The Morgan fingerprint density at radius 2 is 2.36 bits per heavy atom. The molecule has 0 fully saturated rings. The van der Waals surface area contributed by atoms with Crippen molar-refractivity contribution in [1.82, 2.24) is 29.5 Å². The Kier molecular flexibility index (Phi) is 1.80. The topological polar surface area (TPSA) is 78.5 Å². The maximum absolute atomic E-state index is 13.0. The highest BCUT2D eigenvalue weighted by Crippen LogP contribution is 1.96. The van der Waals surface area contributed by atoms with Crippen LogP contribution in [0.4, 0.5) is 9.18 Å². The molecule has 8 heteroatoms. The Labute approximate surface area is 77.2 Å². The molecule has 0 atom stereocenters. The van der Waals surface area contributed by atoms with E-state index in [0.29, 0.717) is 4.68 Å². The molecule has 0 spiro atoms. The fourth-order valence-corrected chi connectivity index (χ4v) is 0.915. The fraction of sp³-hybridized carbons (Fsp3) is 0.167. The van der Waals surface area contributed by atoms with Crippen molar-refractivity contribution in [3.05, 3.63) is 24.6 Å². The summed E-state index contributed by atoms with van der Waals surface area (Å²) in [5.41, 5.74) is 0. The molecular formula is C6H5FN6O. The number of nitrogens with zero attached hydrogens (tertiary/aromatic N) is 6. The molecule has 0 amide bonds. The van der Waals surface area contributed by atoms with Crippen molar-refractivity contribution in [2.45, 2.75) is 6.92 Å². The molecular weight excluding hydrogens is 191 g/mol. The number of aromatic nitrogens is 6. The second-order valence-electron chi connectivity index (χ2n) is 2.46. The van der Waals surface area contributed by atoms with Crippen molar-refractivity contribution in [1.29, 1.82) is 0 Å². The third-order valence-electron chi connectivity index (χ3n) is 1.47. The number of aryl methyl sites for hydroxylation is 1. The van der Waals surface area contributed by atoms with Crippen LogP contribution in [0.5, 0.6) is 0 Å². The summed E-state index contributed by atoms with van der Waals surface area (Å²) >= 11 is 0. The van der Waals surface area contributed by atoms with Gasteiger partial charge in [-0.2, -0.15) is 19.2 Å². The second kappa shape index (κ2) is 2.98. The van der Waals surface area contributed by atoms with Crippen LogP contribution >= 0.6 is 0 Å². The zero-order chi connectivity index (χ0) is 10.1. The molecule has 2 aromatic heterocycles. The summed E-state index contributed by atoms with van der Waals surface area (Å²) in [6, 6.07) is -0.763. The SMILES string of the molecule is Cc1nc(F)n(C(=O)n2cncn2)n1. The average molecular weight is 196 g/mol. The van der Waals surface area contributed by atoms with Crippen molar-refractivity contribution in [3.63, 3.8) is 0 Å². The molecule has 0 unspecified atom stereocenters. The Morgan fingerprint density at radius 3 is 2.86 bits per heavy atom. The Morgan fingerprint density at radius 1 is 1.57 bits per heavy atom. The quantitative estimate of drug-likeness (QED) is 0.584. The smallest absolute Gasteiger partial charge is 0.243 e. The molecule has 14 heavy (non-hydrogen) atoms. The normalized spacial score (nSPS) is 10.4. The summed E-state index contributed by atoms with van der Waals surface area (Å²) in [5, 5.41) is 7.10. The lowest BCUT2D eigenvalue weighted by Crippen LogP contribution is -2.22. The summed E-state index contributed by atoms with van der Waals surface area (Å²) in [5.74, 6) is 0.177. The lowest BCUT2D eigenvalue weighted by molar-refractivity contribution is 0.233. The number of hydrogen-bond acceptors (Lipinski definition) is 5. The molecule has 0 aliphatic carbocycles. The van der Waals surface area contributed by atoms with E-state index in [1.165, 1.54) is 13.3 Å². The summed E-state index contributed by atoms with van der Waals surface area (Å²) in [4.78, 5) is 18.3. The molecule has 72 valence electrons. The van der Waals surface area contributed by atoms with E-state index in [-0.39, 0.29) is 5.82 Å². The van der Waals surface area contributed by atoms with Crippen LogP contribution in [-0.2, 0) is 0 Å². The van der Waals surface area contributed by atoms with Gasteiger partial charge < -0.3 is 0 Å². The molecule has 0 N–H and O–H groups in total. The first-order valence-corrected chi connectivity index (χ1v) is 3.67. The molecule has 0 aliphatic heterocycles. The fourth-order valence-electron chi connectivity index (χ4n) is 0.915. The van der Waals surface area contributed by atoms with Crippen LogP contribution < -0.4 is 0 Å². The van der Waals surface area contributed by atoms with Gasteiger partial charge in [-0.1, -0.05) is 0 Å². The van der Waals surface area contributed by atoms with Crippen LogP contribution in [0.1, 0.15) is 5.82 Å². The minimum Gasteiger partial charge on any atom is -0.243 e. The van der Waals surface area contributed by atoms with E-state index >= 15 is 0 Å². The van der Waals surface area contributed by atoms with Crippen LogP contribution in [0.3, 0.4) is 0 Å². The van der Waals surface area contributed by atoms with Gasteiger partial charge in [-0.15, -0.1) is 9.78 Å². The van der Waals surface area contributed by atoms with Crippen LogP contribution in [-0.4, -0.2) is 35.6 Å². The van der Waals surface area contributed by atoms with Crippen molar-refractivity contribution in [2.24, 2.45) is 0 Å². The molecule has 0 radical (unpaired) electrons. The van der Waals surface area contributed by atoms with Crippen molar-refractivity contribution < 1.29 is 9.18 Å². The van der Waals surface area contributed by atoms with Crippen LogP contribution in [0.15, 0.2) is 12.7 Å². The predicted molar refractivity (Wildman–Crippen MR) is 40.9 cm³/mol. The van der Waals surface area contributed by atoms with Crippen molar-refractivity contribution >= 4 is 6.03 Å². The highest BCUT2D eigenvalue weighted by atomic mass is 19.1. The van der Waals surface area contributed by atoms with Gasteiger partial charge in [-0.3, -0.25) is 0 Å². The largest absolute Gasteiger partial charge is 0.374 e. The third kappa shape index (κ3) is 1.26. The van der Waals surface area contributed by atoms with Gasteiger partial charge in [0.1, 0.15) is 12.7 Å². The lowest BCUT2D eigenvalue weighted by atomic mass is 10.8. The molecule has 2 aromatic rings. The molecule has 0 saturated carbocycles. The number of hydrogen-bond donors (Lipinski definition) is 0. The summed E-state index contributed by atoms with van der Waals surface area (Å²) < 4.78 is 14.3. The summed E-state index contributed by atoms with van der Waals surface area (Å²) in [6.07, 6.45) is 1.35. The predicted octanol–water partition coefficient (Wildman–Crippen LogP) is -0.166. The van der Waals surface area contributed by atoms with Gasteiger partial charge in [-0.05, 0) is 6.92 Å². The van der Waals surface area contributed by atoms with Crippen molar-refractivity contribution in [3.8, 4) is 0 Å². The van der Waals surface area contributed by atoms with Gasteiger partial charge in [0, 0.05) is 0 Å². The van der Waals surface area contributed by atoms with Gasteiger partial charge in [0.25, 0.3) is 0 Å². The molecule has 0 aliphatic rings. The number of carbonyl (C=O) groups excluding carboxylic acids is 1. The standard InChI is InChI=1S/C6H5FN6O/c1-4-10-5(7)13(11-4)6(14)12-3-8-2-9-12/h2-3H,1H3. The number of carbonyl (C=O) groups is 1. The molecule has 2 rings (SSSR count). The Balaban J connectivity index is 2.41. The van der Waals surface area contributed by atoms with Gasteiger partial charge in [0.2, 0.25) is 0 Å². The van der Waals surface area contributed by atoms with E-state index in [0.717, 1.165) is 11.0 Å². The summed E-state index contributed by atoms with van der Waals surface area (Å²) in [6.45, 7) is 1.48. The van der Waals surface area contributed by atoms with E-state index in [9.17, 15) is 9.18 Å². The third-order valence-corrected chi connectivity index (χ3v) is 1.47. The minimum absolute atomic E-state index is 0.177. The maximum atomic E-state index is 13.0. The average Bonchev–Trinajstić information content (AvgIpc) is 2.73. The molecule has 2 heterocycles. The monoisotopic (exact) mass is 196 g/mol. The van der Waals surface area contributed by atoms with Crippen LogP contribution in [0.2, 0.25) is 0 Å². The first-order valence-electron chi connectivity index (χ1n) is 3.67. The van der Waals surface area contributed by atoms with Crippen molar-refractivity contribution in [2.75, 3.05) is 0 Å². The second-order valence-corrected chi connectivity index (χ2v) is 2.46. The molecule has 0 bridgehead atoms. The zero-order valence-corrected chi connectivity index (χ0v) is 7.12. The lowest BCUT2D eigenvalue weighted by Gasteiger charge is -1.96. The van der Waals surface area contributed by atoms with Crippen LogP contribution in [0, 0.1) is 13.0 Å². The van der Waals surface area contributed by atoms with E-state index < -0.39 is 12.1 Å². The summed E-state index contributed by atoms with van der Waals surface area (Å²) in [7, 11) is 0. The number of halogens is 1.